The van der Waals surface area contributed by atoms with E-state index in [1.807, 2.05) is 0 Å². The van der Waals surface area contributed by atoms with Crippen LogP contribution in [0.1, 0.15) is 32.0 Å². The molecule has 4 N–H and O–H groups in total. The molecule has 2 heterocycles. The van der Waals surface area contributed by atoms with Crippen LogP contribution in [0.5, 0.6) is 0 Å². The third-order valence-corrected chi connectivity index (χ3v) is 4.25. The summed E-state index contributed by atoms with van der Waals surface area (Å²) in [6.07, 6.45) is -2.15. The van der Waals surface area contributed by atoms with Crippen LogP contribution in [-0.2, 0) is 6.18 Å². The number of alkyl halides is 3. The van der Waals surface area contributed by atoms with E-state index in [4.69, 9.17) is 5.73 Å². The van der Waals surface area contributed by atoms with E-state index < -0.39 is 29.0 Å². The highest BCUT2D eigenvalue weighted by atomic mass is 79.9. The molecule has 1 aromatic carbocycles. The van der Waals surface area contributed by atoms with Crippen LogP contribution in [0.25, 0.3) is 0 Å². The number of hydrogen-bond donors (Lipinski definition) is 3. The van der Waals surface area contributed by atoms with Gasteiger partial charge in [-0.25, -0.2) is 4.98 Å². The van der Waals surface area contributed by atoms with Gasteiger partial charge in [0.2, 0.25) is 0 Å². The molecule has 6 nitrogen and oxygen atoms in total. The number of carbonyl (C=O) groups is 2. The summed E-state index contributed by atoms with van der Waals surface area (Å²) in [6.45, 7) is 0. The number of anilines is 2. The normalized spacial score (nSPS) is 11.3. The van der Waals surface area contributed by atoms with Gasteiger partial charge in [0.15, 0.2) is 5.78 Å². The Morgan fingerprint density at radius 2 is 1.89 bits per heavy atom. The number of nitrogens with zero attached hydrogens (tertiary/aromatic N) is 1. The lowest BCUT2D eigenvalue weighted by molar-refractivity contribution is -0.137. The highest BCUT2D eigenvalue weighted by Gasteiger charge is 2.35. The predicted molar refractivity (Wildman–Crippen MR) is 100.0 cm³/mol. The summed E-state index contributed by atoms with van der Waals surface area (Å²) in [5.41, 5.74) is 4.61. The van der Waals surface area contributed by atoms with E-state index in [0.29, 0.717) is 4.60 Å². The molecular formula is C18H12BrF3N4O2. The summed E-state index contributed by atoms with van der Waals surface area (Å²) in [5, 5.41) is 2.54. The fourth-order valence-electron chi connectivity index (χ4n) is 2.48. The molecule has 0 aliphatic carbocycles. The van der Waals surface area contributed by atoms with Crippen molar-refractivity contribution in [3.63, 3.8) is 0 Å². The van der Waals surface area contributed by atoms with Crippen LogP contribution in [0, 0.1) is 0 Å². The van der Waals surface area contributed by atoms with Gasteiger partial charge < -0.3 is 16.0 Å². The summed E-state index contributed by atoms with van der Waals surface area (Å²) >= 11 is 3.15. The maximum Gasteiger partial charge on any atom is 0.417 e. The number of aromatic nitrogens is 2. The van der Waals surface area contributed by atoms with E-state index in [0.717, 1.165) is 12.1 Å². The fourth-order valence-corrected chi connectivity index (χ4v) is 2.81. The van der Waals surface area contributed by atoms with E-state index in [9.17, 15) is 22.8 Å². The van der Waals surface area contributed by atoms with Gasteiger partial charge in [0, 0.05) is 17.3 Å². The maximum absolute atomic E-state index is 13.1. The van der Waals surface area contributed by atoms with Crippen LogP contribution in [0.15, 0.2) is 53.4 Å². The van der Waals surface area contributed by atoms with E-state index in [-0.39, 0.29) is 22.6 Å². The lowest BCUT2D eigenvalue weighted by atomic mass is 9.99. The van der Waals surface area contributed by atoms with Crippen molar-refractivity contribution < 1.29 is 22.8 Å². The lowest BCUT2D eigenvalue weighted by Gasteiger charge is -2.11. The SMILES string of the molecule is Nc1cnc(Br)cc1NC(=O)c1cc(C(=O)c2ccccc2C(F)(F)F)c[nH]1. The Balaban J connectivity index is 1.85. The molecule has 0 aliphatic heterocycles. The summed E-state index contributed by atoms with van der Waals surface area (Å²) < 4.78 is 39.8. The Morgan fingerprint density at radius 1 is 1.18 bits per heavy atom. The first-order valence-electron chi connectivity index (χ1n) is 7.78. The summed E-state index contributed by atoms with van der Waals surface area (Å²) in [7, 11) is 0. The number of halogens is 4. The van der Waals surface area contributed by atoms with Gasteiger partial charge in [-0.3, -0.25) is 9.59 Å². The second-order valence-electron chi connectivity index (χ2n) is 5.72. The second-order valence-corrected chi connectivity index (χ2v) is 6.54. The molecule has 2 aromatic heterocycles. The van der Waals surface area contributed by atoms with Crippen molar-refractivity contribution >= 4 is 39.0 Å². The van der Waals surface area contributed by atoms with Gasteiger partial charge >= 0.3 is 6.18 Å². The Hall–Kier alpha value is -3.14. The minimum Gasteiger partial charge on any atom is -0.396 e. The first-order valence-corrected chi connectivity index (χ1v) is 8.58. The molecule has 3 rings (SSSR count). The predicted octanol–water partition coefficient (Wildman–Crippen LogP) is 4.26. The zero-order valence-electron chi connectivity index (χ0n) is 14.0. The first-order chi connectivity index (χ1) is 13.2. The summed E-state index contributed by atoms with van der Waals surface area (Å²) in [5.74, 6) is -1.47. The number of benzene rings is 1. The van der Waals surface area contributed by atoms with Crippen LogP contribution in [0.4, 0.5) is 24.5 Å². The van der Waals surface area contributed by atoms with Crippen molar-refractivity contribution in [2.24, 2.45) is 0 Å². The van der Waals surface area contributed by atoms with Crippen molar-refractivity contribution in [3.8, 4) is 0 Å². The van der Waals surface area contributed by atoms with Crippen LogP contribution in [0.2, 0.25) is 0 Å². The molecule has 0 spiro atoms. The van der Waals surface area contributed by atoms with Crippen molar-refractivity contribution in [2.45, 2.75) is 6.18 Å². The largest absolute Gasteiger partial charge is 0.417 e. The third kappa shape index (κ3) is 4.06. The monoisotopic (exact) mass is 452 g/mol. The van der Waals surface area contributed by atoms with E-state index in [1.54, 1.807) is 0 Å². The van der Waals surface area contributed by atoms with Gasteiger partial charge in [0.1, 0.15) is 10.3 Å². The number of H-pyrrole nitrogens is 1. The Labute approximate surface area is 165 Å². The number of aromatic amines is 1. The second kappa shape index (κ2) is 7.47. The molecule has 0 fully saturated rings. The molecule has 0 radical (unpaired) electrons. The molecule has 0 saturated heterocycles. The fraction of sp³-hybridized carbons (Fsp3) is 0.0556. The molecule has 0 bridgehead atoms. The molecule has 28 heavy (non-hydrogen) atoms. The zero-order valence-corrected chi connectivity index (χ0v) is 15.6. The Morgan fingerprint density at radius 3 is 2.61 bits per heavy atom. The van der Waals surface area contributed by atoms with Gasteiger partial charge in [-0.15, -0.1) is 0 Å². The van der Waals surface area contributed by atoms with Crippen LogP contribution in [-0.4, -0.2) is 21.7 Å². The molecule has 3 aromatic rings. The lowest BCUT2D eigenvalue weighted by Crippen LogP contribution is -2.14. The number of nitrogen functional groups attached to an aromatic ring is 1. The average molecular weight is 453 g/mol. The smallest absolute Gasteiger partial charge is 0.396 e. The number of ketones is 1. The molecule has 144 valence electrons. The van der Waals surface area contributed by atoms with Crippen molar-refractivity contribution in [2.75, 3.05) is 11.1 Å². The van der Waals surface area contributed by atoms with Gasteiger partial charge in [0.25, 0.3) is 5.91 Å². The molecule has 10 heteroatoms. The van der Waals surface area contributed by atoms with Crippen molar-refractivity contribution in [1.82, 2.24) is 9.97 Å². The standard InChI is InChI=1S/C18H12BrF3N4O2/c19-15-6-13(12(23)8-25-15)26-17(28)14-5-9(7-24-14)16(27)10-3-1-2-4-11(10)18(20,21)22/h1-8,24H,23H2,(H,25,26,28). The highest BCUT2D eigenvalue weighted by molar-refractivity contribution is 9.10. The summed E-state index contributed by atoms with van der Waals surface area (Å²) in [4.78, 5) is 31.4. The van der Waals surface area contributed by atoms with Crippen molar-refractivity contribution in [1.29, 1.82) is 0 Å². The quantitative estimate of drug-likeness (QED) is 0.406. The minimum atomic E-state index is -4.67. The number of nitrogens with two attached hydrogens (primary N) is 1. The first kappa shape index (κ1) is 19.6. The van der Waals surface area contributed by atoms with Crippen LogP contribution < -0.4 is 11.1 Å². The zero-order chi connectivity index (χ0) is 20.5. The molecular weight excluding hydrogens is 441 g/mol. The van der Waals surface area contributed by atoms with Crippen LogP contribution in [0.3, 0.4) is 0 Å². The number of pyridine rings is 1. The van der Waals surface area contributed by atoms with E-state index in [2.05, 4.69) is 31.2 Å². The number of rotatable bonds is 4. The number of hydrogen-bond acceptors (Lipinski definition) is 4. The third-order valence-electron chi connectivity index (χ3n) is 3.82. The molecule has 0 aliphatic rings. The van der Waals surface area contributed by atoms with Gasteiger partial charge in [-0.05, 0) is 34.1 Å². The van der Waals surface area contributed by atoms with Crippen LogP contribution >= 0.6 is 15.9 Å². The van der Waals surface area contributed by atoms with E-state index >= 15 is 0 Å². The highest BCUT2D eigenvalue weighted by Crippen LogP contribution is 2.33. The molecule has 1 amide bonds. The molecule has 0 saturated carbocycles. The molecule has 0 atom stereocenters. The maximum atomic E-state index is 13.1. The van der Waals surface area contributed by atoms with E-state index in [1.165, 1.54) is 36.7 Å². The molecule has 0 unspecified atom stereocenters. The van der Waals surface area contributed by atoms with Gasteiger partial charge in [-0.1, -0.05) is 18.2 Å². The van der Waals surface area contributed by atoms with Gasteiger partial charge in [-0.2, -0.15) is 13.2 Å². The average Bonchev–Trinajstić information content (AvgIpc) is 3.14. The Bertz CT molecular complexity index is 1060. The Kier molecular flexibility index (Phi) is 5.23. The van der Waals surface area contributed by atoms with Gasteiger partial charge in [0.05, 0.1) is 23.1 Å². The summed E-state index contributed by atoms with van der Waals surface area (Å²) in [6, 6.07) is 7.13. The number of carbonyl (C=O) groups excluding carboxylic acids is 2. The number of amides is 1. The van der Waals surface area contributed by atoms with Crippen molar-refractivity contribution in [3.05, 3.63) is 75.8 Å². The topological polar surface area (TPSA) is 101 Å². The minimum absolute atomic E-state index is 0.0137. The number of nitrogens with one attached hydrogen (secondary N) is 2.